The Morgan fingerprint density at radius 3 is 2.60 bits per heavy atom. The first-order chi connectivity index (χ1) is 20.2. The second-order valence-electron chi connectivity index (χ2n) is 11.4. The van der Waals surface area contributed by atoms with Gasteiger partial charge in [-0.15, -0.1) is 0 Å². The Balaban J connectivity index is 1.27. The SMILES string of the molecule is CN=S1(=O)CCN(c2ccc(-c3nc4c(cc3Cl)nc(O[C@@H]3CO[C@H]5[C@@H]3OC[C@H]5O)n4COCC[SiH](C)C)cc2)CC1. The number of nitrogens with zero attached hydrogens (tertiary/aromatic N) is 5. The maximum atomic E-state index is 12.6. The summed E-state index contributed by atoms with van der Waals surface area (Å²) in [4.78, 5) is 11.9. The summed E-state index contributed by atoms with van der Waals surface area (Å²) in [7, 11) is -1.19. The van der Waals surface area contributed by atoms with Gasteiger partial charge in [-0.3, -0.25) is 4.57 Å². The predicted molar refractivity (Wildman–Crippen MR) is 166 cm³/mol. The van der Waals surface area contributed by atoms with Crippen molar-refractivity contribution in [1.82, 2.24) is 14.5 Å². The van der Waals surface area contributed by atoms with Crippen molar-refractivity contribution < 1.29 is 28.3 Å². The summed E-state index contributed by atoms with van der Waals surface area (Å²) in [5.41, 5.74) is 3.77. The Bertz CT molecular complexity index is 1530. The van der Waals surface area contributed by atoms with Gasteiger partial charge < -0.3 is 29.0 Å². The molecule has 2 aromatic heterocycles. The van der Waals surface area contributed by atoms with Gasteiger partial charge >= 0.3 is 6.01 Å². The molecule has 5 heterocycles. The molecule has 3 fully saturated rings. The van der Waals surface area contributed by atoms with Crippen LogP contribution in [0.4, 0.5) is 5.69 Å². The minimum Gasteiger partial charge on any atom is -0.456 e. The smallest absolute Gasteiger partial charge is 0.301 e. The highest BCUT2D eigenvalue weighted by molar-refractivity contribution is 7.93. The Morgan fingerprint density at radius 2 is 1.88 bits per heavy atom. The van der Waals surface area contributed by atoms with Gasteiger partial charge in [0.25, 0.3) is 0 Å². The fourth-order valence-corrected chi connectivity index (χ4v) is 8.03. The van der Waals surface area contributed by atoms with Crippen molar-refractivity contribution in [3.8, 4) is 17.3 Å². The summed E-state index contributed by atoms with van der Waals surface area (Å²) in [5.74, 6) is 1.15. The second-order valence-corrected chi connectivity index (χ2v) is 17.9. The van der Waals surface area contributed by atoms with E-state index in [0.717, 1.165) is 17.3 Å². The van der Waals surface area contributed by atoms with Crippen molar-refractivity contribution in [2.75, 3.05) is 56.4 Å². The minimum absolute atomic E-state index is 0.222. The molecule has 3 aromatic rings. The molecule has 228 valence electrons. The van der Waals surface area contributed by atoms with Gasteiger partial charge in [0.05, 0.1) is 23.9 Å². The first kappa shape index (κ1) is 29.8. The molecule has 0 radical (unpaired) electrons. The van der Waals surface area contributed by atoms with Crippen LogP contribution in [-0.2, 0) is 30.7 Å². The number of hydrogen-bond donors (Lipinski definition) is 1. The number of pyridine rings is 1. The van der Waals surface area contributed by atoms with E-state index in [9.17, 15) is 9.32 Å². The van der Waals surface area contributed by atoms with Crippen LogP contribution in [-0.4, -0.2) is 109 Å². The lowest BCUT2D eigenvalue weighted by Gasteiger charge is -2.30. The number of benzene rings is 1. The van der Waals surface area contributed by atoms with E-state index in [1.807, 2.05) is 28.8 Å². The van der Waals surface area contributed by atoms with Crippen molar-refractivity contribution in [3.63, 3.8) is 0 Å². The summed E-state index contributed by atoms with van der Waals surface area (Å²) in [6, 6.07) is 11.3. The summed E-state index contributed by atoms with van der Waals surface area (Å²) >= 11 is 6.76. The van der Waals surface area contributed by atoms with Gasteiger partial charge in [-0.05, 0) is 24.2 Å². The Morgan fingerprint density at radius 1 is 1.14 bits per heavy atom. The maximum Gasteiger partial charge on any atom is 0.301 e. The number of aliphatic hydroxyl groups is 1. The Kier molecular flexibility index (Phi) is 8.79. The zero-order valence-electron chi connectivity index (χ0n) is 24.1. The average Bonchev–Trinajstić information content (AvgIpc) is 3.66. The van der Waals surface area contributed by atoms with E-state index < -0.39 is 36.8 Å². The molecule has 0 amide bonds. The van der Waals surface area contributed by atoms with Crippen LogP contribution in [0.15, 0.2) is 34.7 Å². The lowest BCUT2D eigenvalue weighted by Crippen LogP contribution is -2.40. The Labute approximate surface area is 252 Å². The fourth-order valence-electron chi connectivity index (χ4n) is 5.56. The number of halogens is 1. The highest BCUT2D eigenvalue weighted by Crippen LogP contribution is 2.34. The highest BCUT2D eigenvalue weighted by atomic mass is 35.5. The first-order valence-corrected chi connectivity index (χ1v) is 19.8. The van der Waals surface area contributed by atoms with Crippen molar-refractivity contribution in [1.29, 1.82) is 0 Å². The topological polar surface area (TPSA) is 121 Å². The molecule has 1 N–H and O–H groups in total. The third-order valence-corrected chi connectivity index (χ3v) is 12.1. The van der Waals surface area contributed by atoms with Crippen molar-refractivity contribution in [2.45, 2.75) is 50.3 Å². The number of aliphatic hydroxyl groups excluding tert-OH is 1. The van der Waals surface area contributed by atoms with E-state index in [-0.39, 0.29) is 19.4 Å². The first-order valence-electron chi connectivity index (χ1n) is 14.4. The summed E-state index contributed by atoms with van der Waals surface area (Å²) in [5, 5.41) is 10.6. The largest absolute Gasteiger partial charge is 0.456 e. The molecule has 0 bridgehead atoms. The molecule has 0 unspecified atom stereocenters. The van der Waals surface area contributed by atoms with E-state index in [2.05, 4.69) is 22.4 Å². The van der Waals surface area contributed by atoms with E-state index >= 15 is 0 Å². The third-order valence-electron chi connectivity index (χ3n) is 8.14. The van der Waals surface area contributed by atoms with Gasteiger partial charge in [0.15, 0.2) is 11.8 Å². The molecule has 0 spiro atoms. The van der Waals surface area contributed by atoms with E-state index in [4.69, 9.17) is 40.5 Å². The van der Waals surface area contributed by atoms with Crippen molar-refractivity contribution in [3.05, 3.63) is 35.4 Å². The van der Waals surface area contributed by atoms with Gasteiger partial charge in [-0.2, -0.15) is 4.98 Å². The standard InChI is InChI=1S/C28H38ClN5O6SSi/c1-30-41(36)11-8-33(9-12-41)19-6-4-18(5-7-19)24-20(29)14-21-27(32-24)34(17-37-10-13-42(2)3)28(31-21)40-23-16-39-25-22(35)15-38-26(23)25/h4-7,14,22-23,25-26,35,42H,8-13,15-17H2,1-3H3/t22-,23-,25-,26-/m1/s1. The van der Waals surface area contributed by atoms with E-state index in [1.54, 1.807) is 13.1 Å². The van der Waals surface area contributed by atoms with Crippen LogP contribution in [0.1, 0.15) is 0 Å². The normalized spacial score (nSPS) is 25.3. The van der Waals surface area contributed by atoms with Crippen LogP contribution in [0, 0.1) is 0 Å². The number of anilines is 1. The van der Waals surface area contributed by atoms with Crippen LogP contribution in [0.25, 0.3) is 22.4 Å². The third kappa shape index (κ3) is 6.05. The predicted octanol–water partition coefficient (Wildman–Crippen LogP) is 3.04. The average molecular weight is 636 g/mol. The van der Waals surface area contributed by atoms with Gasteiger partial charge in [-0.1, -0.05) is 36.8 Å². The van der Waals surface area contributed by atoms with Gasteiger partial charge in [0, 0.05) is 68.0 Å². The molecule has 3 aliphatic heterocycles. The number of aromatic nitrogens is 3. The molecular weight excluding hydrogens is 598 g/mol. The second kappa shape index (κ2) is 12.4. The number of hydrogen-bond acceptors (Lipinski definition) is 10. The summed E-state index contributed by atoms with van der Waals surface area (Å²) in [6.07, 6.45) is -1.85. The zero-order valence-corrected chi connectivity index (χ0v) is 26.9. The van der Waals surface area contributed by atoms with E-state index in [1.165, 1.54) is 0 Å². The van der Waals surface area contributed by atoms with Crippen LogP contribution in [0.2, 0.25) is 24.2 Å². The Hall–Kier alpha value is -2.26. The molecule has 14 heteroatoms. The monoisotopic (exact) mass is 635 g/mol. The molecule has 3 aliphatic rings. The molecule has 1 aromatic carbocycles. The lowest BCUT2D eigenvalue weighted by atomic mass is 10.1. The van der Waals surface area contributed by atoms with Gasteiger partial charge in [-0.25, -0.2) is 13.6 Å². The molecule has 3 saturated heterocycles. The highest BCUT2D eigenvalue weighted by Gasteiger charge is 2.49. The molecule has 0 aliphatic carbocycles. The number of ether oxygens (including phenoxy) is 4. The van der Waals surface area contributed by atoms with Crippen LogP contribution in [0.3, 0.4) is 0 Å². The number of fused-ring (bicyclic) bond motifs is 2. The van der Waals surface area contributed by atoms with Crippen LogP contribution in [0.5, 0.6) is 6.01 Å². The molecule has 6 rings (SSSR count). The van der Waals surface area contributed by atoms with Crippen LogP contribution < -0.4 is 9.64 Å². The maximum absolute atomic E-state index is 12.6. The number of rotatable bonds is 9. The van der Waals surface area contributed by atoms with Crippen molar-refractivity contribution >= 4 is 47.0 Å². The molecule has 42 heavy (non-hydrogen) atoms. The molecule has 0 saturated carbocycles. The summed E-state index contributed by atoms with van der Waals surface area (Å²) < 4.78 is 42.4. The molecule has 11 nitrogen and oxygen atoms in total. The van der Waals surface area contributed by atoms with Gasteiger partial charge in [0.2, 0.25) is 0 Å². The van der Waals surface area contributed by atoms with Crippen LogP contribution >= 0.6 is 11.6 Å². The summed E-state index contributed by atoms with van der Waals surface area (Å²) in [6.45, 7) is 7.40. The molecule has 4 atom stereocenters. The number of imidazole rings is 1. The van der Waals surface area contributed by atoms with E-state index in [0.29, 0.717) is 65.7 Å². The quantitative estimate of drug-likeness (QED) is 0.279. The van der Waals surface area contributed by atoms with Gasteiger partial charge in [0.1, 0.15) is 30.6 Å². The fraction of sp³-hybridized carbons (Fsp3) is 0.571. The lowest BCUT2D eigenvalue weighted by molar-refractivity contribution is 0.00337. The molecular formula is C28H38ClN5O6SSi. The zero-order chi connectivity index (χ0) is 29.4. The minimum atomic E-state index is -2.07. The van der Waals surface area contributed by atoms with Crippen molar-refractivity contribution in [2.24, 2.45) is 4.36 Å².